The van der Waals surface area contributed by atoms with Crippen molar-refractivity contribution >= 4 is 11.5 Å². The molecule has 0 spiro atoms. The van der Waals surface area contributed by atoms with Crippen LogP contribution in [0.2, 0.25) is 0 Å². The number of hydrogen-bond acceptors (Lipinski definition) is 4. The van der Waals surface area contributed by atoms with E-state index in [2.05, 4.69) is 39.3 Å². The molecule has 0 saturated carbocycles. The highest BCUT2D eigenvalue weighted by atomic mass is 15.2. The van der Waals surface area contributed by atoms with E-state index >= 15 is 0 Å². The Labute approximate surface area is 122 Å². The Balaban J connectivity index is 1.48. The molecule has 1 N–H and O–H groups in total. The van der Waals surface area contributed by atoms with Crippen LogP contribution in [0.3, 0.4) is 0 Å². The second-order valence-corrected chi connectivity index (χ2v) is 6.23. The molecular weight excluding hydrogens is 248 g/mol. The maximum Gasteiger partial charge on any atom is 0.128 e. The molecule has 2 fully saturated rings. The fourth-order valence-electron chi connectivity index (χ4n) is 3.15. The van der Waals surface area contributed by atoms with Crippen LogP contribution >= 0.6 is 0 Å². The monoisotopic (exact) mass is 274 g/mol. The minimum absolute atomic E-state index is 0.810. The van der Waals surface area contributed by atoms with Gasteiger partial charge < -0.3 is 15.1 Å². The third-order valence-electron chi connectivity index (χ3n) is 4.61. The number of aromatic nitrogens is 1. The quantitative estimate of drug-likeness (QED) is 0.914. The van der Waals surface area contributed by atoms with Crippen LogP contribution in [0.5, 0.6) is 0 Å². The summed E-state index contributed by atoms with van der Waals surface area (Å²) in [4.78, 5) is 9.39. The van der Waals surface area contributed by atoms with Gasteiger partial charge in [0.1, 0.15) is 5.82 Å². The van der Waals surface area contributed by atoms with Gasteiger partial charge in [-0.1, -0.05) is 0 Å². The van der Waals surface area contributed by atoms with E-state index in [-0.39, 0.29) is 0 Å². The molecule has 3 rings (SSSR count). The van der Waals surface area contributed by atoms with Crippen molar-refractivity contribution in [3.8, 4) is 0 Å². The zero-order valence-corrected chi connectivity index (χ0v) is 12.5. The first kappa shape index (κ1) is 13.7. The van der Waals surface area contributed by atoms with Crippen molar-refractivity contribution in [1.82, 2.24) is 9.88 Å². The SMILES string of the molecule is CN1CCC(CNc2ccc(N3CCCC3)nc2)CC1. The third-order valence-corrected chi connectivity index (χ3v) is 4.61. The Bertz CT molecular complexity index is 403. The summed E-state index contributed by atoms with van der Waals surface area (Å²) in [6, 6.07) is 4.33. The van der Waals surface area contributed by atoms with Crippen molar-refractivity contribution in [1.29, 1.82) is 0 Å². The van der Waals surface area contributed by atoms with Crippen molar-refractivity contribution < 1.29 is 0 Å². The van der Waals surface area contributed by atoms with E-state index in [1.54, 1.807) is 0 Å². The number of piperidine rings is 1. The number of pyridine rings is 1. The molecule has 0 aromatic carbocycles. The summed E-state index contributed by atoms with van der Waals surface area (Å²) >= 11 is 0. The first-order valence-electron chi connectivity index (χ1n) is 7.95. The lowest BCUT2D eigenvalue weighted by molar-refractivity contribution is 0.226. The van der Waals surface area contributed by atoms with Crippen LogP contribution in [0, 0.1) is 5.92 Å². The average molecular weight is 274 g/mol. The highest BCUT2D eigenvalue weighted by Gasteiger charge is 2.16. The molecule has 0 aliphatic carbocycles. The van der Waals surface area contributed by atoms with Crippen molar-refractivity contribution in [2.24, 2.45) is 5.92 Å². The number of nitrogens with zero attached hydrogens (tertiary/aromatic N) is 3. The molecule has 3 heterocycles. The van der Waals surface area contributed by atoms with Gasteiger partial charge in [0.05, 0.1) is 11.9 Å². The van der Waals surface area contributed by atoms with E-state index in [1.807, 2.05) is 6.20 Å². The van der Waals surface area contributed by atoms with Gasteiger partial charge in [0.2, 0.25) is 0 Å². The molecule has 1 aromatic heterocycles. The van der Waals surface area contributed by atoms with E-state index < -0.39 is 0 Å². The van der Waals surface area contributed by atoms with Gasteiger partial charge in [-0.3, -0.25) is 0 Å². The van der Waals surface area contributed by atoms with Crippen LogP contribution in [0.1, 0.15) is 25.7 Å². The maximum absolute atomic E-state index is 4.59. The normalized spacial score (nSPS) is 21.4. The molecule has 2 aliphatic rings. The lowest BCUT2D eigenvalue weighted by atomic mass is 9.97. The van der Waals surface area contributed by atoms with Gasteiger partial charge in [0.25, 0.3) is 0 Å². The number of likely N-dealkylation sites (tertiary alicyclic amines) is 1. The Morgan fingerprint density at radius 1 is 1.15 bits per heavy atom. The van der Waals surface area contributed by atoms with Gasteiger partial charge in [-0.25, -0.2) is 4.98 Å². The molecule has 4 nitrogen and oxygen atoms in total. The smallest absolute Gasteiger partial charge is 0.128 e. The molecule has 0 bridgehead atoms. The van der Waals surface area contributed by atoms with Crippen molar-refractivity contribution in [2.75, 3.05) is 50.0 Å². The molecule has 0 atom stereocenters. The molecule has 110 valence electrons. The van der Waals surface area contributed by atoms with Crippen LogP contribution in [-0.4, -0.2) is 49.7 Å². The fraction of sp³-hybridized carbons (Fsp3) is 0.688. The van der Waals surface area contributed by atoms with Crippen LogP contribution < -0.4 is 10.2 Å². The molecule has 0 radical (unpaired) electrons. The standard InChI is InChI=1S/C16H26N4/c1-19-10-6-14(7-11-19)12-17-15-4-5-16(18-13-15)20-8-2-3-9-20/h4-5,13-14,17H,2-3,6-12H2,1H3. The Hall–Kier alpha value is -1.29. The molecule has 1 aromatic rings. The van der Waals surface area contributed by atoms with E-state index in [0.717, 1.165) is 37.1 Å². The molecule has 2 saturated heterocycles. The van der Waals surface area contributed by atoms with Crippen molar-refractivity contribution in [3.05, 3.63) is 18.3 Å². The van der Waals surface area contributed by atoms with Gasteiger partial charge in [0, 0.05) is 19.6 Å². The largest absolute Gasteiger partial charge is 0.384 e. The van der Waals surface area contributed by atoms with Gasteiger partial charge in [-0.2, -0.15) is 0 Å². The molecule has 20 heavy (non-hydrogen) atoms. The molecular formula is C16H26N4. The third kappa shape index (κ3) is 3.42. The van der Waals surface area contributed by atoms with E-state index in [9.17, 15) is 0 Å². The number of anilines is 2. The van der Waals surface area contributed by atoms with Crippen LogP contribution in [0.4, 0.5) is 11.5 Å². The second kappa shape index (κ2) is 6.44. The summed E-state index contributed by atoms with van der Waals surface area (Å²) < 4.78 is 0. The van der Waals surface area contributed by atoms with Crippen LogP contribution in [0.15, 0.2) is 18.3 Å². The number of rotatable bonds is 4. The van der Waals surface area contributed by atoms with Gasteiger partial charge in [0.15, 0.2) is 0 Å². The Morgan fingerprint density at radius 2 is 1.90 bits per heavy atom. The topological polar surface area (TPSA) is 31.4 Å². The van der Waals surface area contributed by atoms with E-state index in [4.69, 9.17) is 0 Å². The molecule has 2 aliphatic heterocycles. The fourth-order valence-corrected chi connectivity index (χ4v) is 3.15. The molecule has 0 unspecified atom stereocenters. The maximum atomic E-state index is 4.59. The van der Waals surface area contributed by atoms with E-state index in [0.29, 0.717) is 0 Å². The first-order chi connectivity index (χ1) is 9.81. The first-order valence-corrected chi connectivity index (χ1v) is 7.95. The van der Waals surface area contributed by atoms with Crippen molar-refractivity contribution in [2.45, 2.75) is 25.7 Å². The zero-order valence-electron chi connectivity index (χ0n) is 12.5. The highest BCUT2D eigenvalue weighted by molar-refractivity contribution is 5.49. The minimum atomic E-state index is 0.810. The summed E-state index contributed by atoms with van der Waals surface area (Å²) in [7, 11) is 2.21. The second-order valence-electron chi connectivity index (χ2n) is 6.23. The number of hydrogen-bond donors (Lipinski definition) is 1. The zero-order chi connectivity index (χ0) is 13.8. The summed E-state index contributed by atoms with van der Waals surface area (Å²) in [6.07, 6.45) is 7.21. The summed E-state index contributed by atoms with van der Waals surface area (Å²) in [5, 5.41) is 3.55. The highest BCUT2D eigenvalue weighted by Crippen LogP contribution is 2.20. The van der Waals surface area contributed by atoms with Crippen molar-refractivity contribution in [3.63, 3.8) is 0 Å². The molecule has 4 heteroatoms. The Kier molecular flexibility index (Phi) is 4.41. The summed E-state index contributed by atoms with van der Waals surface area (Å²) in [6.45, 7) is 5.88. The lowest BCUT2D eigenvalue weighted by Crippen LogP contribution is -2.32. The van der Waals surface area contributed by atoms with E-state index in [1.165, 1.54) is 38.8 Å². The predicted molar refractivity (Wildman–Crippen MR) is 84.4 cm³/mol. The lowest BCUT2D eigenvalue weighted by Gasteiger charge is -2.29. The van der Waals surface area contributed by atoms with Crippen LogP contribution in [0.25, 0.3) is 0 Å². The average Bonchev–Trinajstić information content (AvgIpc) is 3.01. The molecule has 0 amide bonds. The van der Waals surface area contributed by atoms with Crippen LogP contribution in [-0.2, 0) is 0 Å². The summed E-state index contributed by atoms with van der Waals surface area (Å²) in [5.74, 6) is 1.94. The van der Waals surface area contributed by atoms with Gasteiger partial charge >= 0.3 is 0 Å². The summed E-state index contributed by atoms with van der Waals surface area (Å²) in [5.41, 5.74) is 1.16. The minimum Gasteiger partial charge on any atom is -0.384 e. The van der Waals surface area contributed by atoms with Gasteiger partial charge in [-0.05, 0) is 63.9 Å². The van der Waals surface area contributed by atoms with Gasteiger partial charge in [-0.15, -0.1) is 0 Å². The Morgan fingerprint density at radius 3 is 2.55 bits per heavy atom. The predicted octanol–water partition coefficient (Wildman–Crippen LogP) is 2.44. The number of nitrogens with one attached hydrogen (secondary N) is 1.